The highest BCUT2D eigenvalue weighted by molar-refractivity contribution is 6.30. The molecule has 1 saturated carbocycles. The minimum atomic E-state index is -1.33. The number of halogens is 1. The van der Waals surface area contributed by atoms with Gasteiger partial charge in [-0.3, -0.25) is 9.78 Å². The molecule has 230 valence electrons. The number of rotatable bonds is 11. The van der Waals surface area contributed by atoms with Gasteiger partial charge in [0.25, 0.3) is 10.2 Å². The molecule has 15 heteroatoms. The fraction of sp³-hybridized carbons (Fsp3) is 0.345. The number of aryl methyl sites for hydroxylation is 1. The van der Waals surface area contributed by atoms with E-state index >= 15 is 0 Å². The molecule has 0 radical (unpaired) electrons. The van der Waals surface area contributed by atoms with Crippen molar-refractivity contribution in [1.29, 1.82) is 0 Å². The Balaban J connectivity index is 1.36. The van der Waals surface area contributed by atoms with E-state index in [4.69, 9.17) is 21.1 Å². The van der Waals surface area contributed by atoms with Gasteiger partial charge in [0.15, 0.2) is 5.75 Å². The van der Waals surface area contributed by atoms with Gasteiger partial charge in [0, 0.05) is 34.7 Å². The van der Waals surface area contributed by atoms with Crippen LogP contribution in [0, 0.1) is 33.1 Å². The van der Waals surface area contributed by atoms with Gasteiger partial charge in [0.05, 0.1) is 12.3 Å². The maximum atomic E-state index is 13.7. The summed E-state index contributed by atoms with van der Waals surface area (Å²) in [6.07, 6.45) is -1.83. The number of ether oxygens (including phenoxy) is 2. The first-order chi connectivity index (χ1) is 21.1. The van der Waals surface area contributed by atoms with Gasteiger partial charge < -0.3 is 24.5 Å². The molecule has 1 aliphatic heterocycles. The minimum absolute atomic E-state index is 0.0627. The number of aromatic nitrogens is 1. The average molecular weight is 627 g/mol. The molecule has 1 N–H and O–H groups in total. The Morgan fingerprint density at radius 2 is 1.68 bits per heavy atom. The second-order valence-electron chi connectivity index (χ2n) is 10.4. The van der Waals surface area contributed by atoms with Gasteiger partial charge in [0.1, 0.15) is 24.4 Å². The second kappa shape index (κ2) is 13.2. The Bertz CT molecular complexity index is 1530. The summed E-state index contributed by atoms with van der Waals surface area (Å²) in [5.41, 5.74) is 3.39. The molecule has 0 spiro atoms. The summed E-state index contributed by atoms with van der Waals surface area (Å²) in [4.78, 5) is 62.3. The number of nitrogens with one attached hydrogen (secondary N) is 1. The van der Waals surface area contributed by atoms with E-state index in [9.17, 15) is 29.8 Å². The summed E-state index contributed by atoms with van der Waals surface area (Å²) in [6, 6.07) is 14.9. The van der Waals surface area contributed by atoms with Crippen molar-refractivity contribution in [2.75, 3.05) is 0 Å². The van der Waals surface area contributed by atoms with E-state index < -0.39 is 52.3 Å². The molecular weight excluding hydrogens is 600 g/mol. The Hall–Kier alpha value is -4.82. The van der Waals surface area contributed by atoms with Crippen LogP contribution in [0.3, 0.4) is 0 Å². The third kappa shape index (κ3) is 7.03. The SMILES string of the molecule is Cc1ncc2c(c1OC(=O)[C@@H](Cc1ccccc1)NC(=O)[C@@H]1C[C@H](O[N+](=O)[O-])[C@H](O[N+](=O)[O-])C1)COC2c1ccc(Cl)cc1. The Morgan fingerprint density at radius 1 is 1.05 bits per heavy atom. The highest BCUT2D eigenvalue weighted by Gasteiger charge is 2.43. The first-order valence-corrected chi connectivity index (χ1v) is 14.0. The van der Waals surface area contributed by atoms with Crippen LogP contribution in [0.1, 0.15) is 46.9 Å². The van der Waals surface area contributed by atoms with Crippen molar-refractivity contribution < 1.29 is 38.9 Å². The van der Waals surface area contributed by atoms with E-state index in [1.165, 1.54) is 0 Å². The molecule has 1 unspecified atom stereocenters. The van der Waals surface area contributed by atoms with Crippen LogP contribution in [0.2, 0.25) is 5.02 Å². The van der Waals surface area contributed by atoms with Crippen LogP contribution < -0.4 is 10.1 Å². The molecule has 2 aromatic carbocycles. The molecular formula is C29H27ClN4O10. The maximum Gasteiger partial charge on any atom is 0.334 e. The fourth-order valence-corrected chi connectivity index (χ4v) is 5.58. The summed E-state index contributed by atoms with van der Waals surface area (Å²) >= 11 is 6.03. The first-order valence-electron chi connectivity index (χ1n) is 13.6. The largest absolute Gasteiger partial charge is 0.423 e. The number of hydrogen-bond donors (Lipinski definition) is 1. The van der Waals surface area contributed by atoms with E-state index in [1.807, 2.05) is 12.1 Å². The van der Waals surface area contributed by atoms with Gasteiger partial charge in [0.2, 0.25) is 5.91 Å². The number of esters is 1. The zero-order valence-electron chi connectivity index (χ0n) is 23.3. The van der Waals surface area contributed by atoms with Crippen LogP contribution in [0.15, 0.2) is 60.8 Å². The molecule has 14 nitrogen and oxygen atoms in total. The van der Waals surface area contributed by atoms with Gasteiger partial charge >= 0.3 is 5.97 Å². The number of amides is 1. The monoisotopic (exact) mass is 626 g/mol. The van der Waals surface area contributed by atoms with E-state index in [0.29, 0.717) is 16.3 Å². The van der Waals surface area contributed by atoms with Crippen LogP contribution in [-0.2, 0) is 37.0 Å². The number of fused-ring (bicyclic) bond motifs is 1. The predicted octanol–water partition coefficient (Wildman–Crippen LogP) is 3.86. The highest BCUT2D eigenvalue weighted by Crippen LogP contribution is 2.41. The van der Waals surface area contributed by atoms with Crippen molar-refractivity contribution in [2.45, 2.75) is 57.1 Å². The quantitative estimate of drug-likeness (QED) is 0.185. The lowest BCUT2D eigenvalue weighted by Gasteiger charge is -2.21. The van der Waals surface area contributed by atoms with Crippen molar-refractivity contribution >= 4 is 23.5 Å². The standard InChI is InChI=1S/C29H27ClN4O10/c1-16-26(22-15-41-27(21(22)14-31-16)18-7-9-20(30)10-8-18)42-29(36)23(11-17-5-3-2-4-6-17)32-28(35)19-12-24(43-33(37)38)25(13-19)44-34(39)40/h2-10,14,19,23-25,27H,11-13,15H2,1H3,(H,32,35)/t19-,23-,24+,25-,27?/m1/s1. The normalized spacial score (nSPS) is 21.1. The predicted molar refractivity (Wildman–Crippen MR) is 151 cm³/mol. The summed E-state index contributed by atoms with van der Waals surface area (Å²) < 4.78 is 11.9. The number of hydrogen-bond acceptors (Lipinski definition) is 11. The zero-order chi connectivity index (χ0) is 31.4. The number of carbonyl (C=O) groups is 2. The molecule has 1 aromatic heterocycles. The average Bonchev–Trinajstić information content (AvgIpc) is 3.59. The summed E-state index contributed by atoms with van der Waals surface area (Å²) in [6.45, 7) is 1.84. The van der Waals surface area contributed by atoms with Crippen molar-refractivity contribution in [1.82, 2.24) is 10.3 Å². The summed E-state index contributed by atoms with van der Waals surface area (Å²) in [5.74, 6) is -2.18. The summed E-state index contributed by atoms with van der Waals surface area (Å²) in [5, 5.41) is 22.9. The Labute approximate surface area is 255 Å². The van der Waals surface area contributed by atoms with E-state index in [0.717, 1.165) is 16.7 Å². The molecule has 2 aliphatic rings. The van der Waals surface area contributed by atoms with Gasteiger partial charge in [-0.05, 0) is 43.0 Å². The molecule has 0 saturated heterocycles. The molecule has 5 rings (SSSR count). The molecule has 2 heterocycles. The van der Waals surface area contributed by atoms with Crippen LogP contribution >= 0.6 is 11.6 Å². The van der Waals surface area contributed by atoms with E-state index in [1.54, 1.807) is 55.6 Å². The smallest absolute Gasteiger partial charge is 0.334 e. The lowest BCUT2D eigenvalue weighted by atomic mass is 10.00. The molecule has 1 fully saturated rings. The molecule has 0 bridgehead atoms. The number of benzene rings is 2. The van der Waals surface area contributed by atoms with Gasteiger partial charge in [-0.25, -0.2) is 4.79 Å². The van der Waals surface area contributed by atoms with E-state index in [-0.39, 0.29) is 31.6 Å². The molecule has 1 amide bonds. The topological polar surface area (TPSA) is 182 Å². The van der Waals surface area contributed by atoms with Crippen molar-refractivity contribution in [3.63, 3.8) is 0 Å². The van der Waals surface area contributed by atoms with Crippen LogP contribution in [-0.4, -0.2) is 45.3 Å². The first kappa shape index (κ1) is 30.6. The lowest BCUT2D eigenvalue weighted by molar-refractivity contribution is -0.797. The maximum absolute atomic E-state index is 13.7. The molecule has 5 atom stereocenters. The molecule has 3 aromatic rings. The second-order valence-corrected chi connectivity index (χ2v) is 10.9. The Kier molecular flexibility index (Phi) is 9.20. The third-order valence-corrected chi connectivity index (χ3v) is 7.80. The summed E-state index contributed by atoms with van der Waals surface area (Å²) in [7, 11) is 0. The molecule has 44 heavy (non-hydrogen) atoms. The number of carbonyl (C=O) groups excluding carboxylic acids is 2. The van der Waals surface area contributed by atoms with Crippen molar-refractivity contribution in [3.05, 3.63) is 114 Å². The van der Waals surface area contributed by atoms with Gasteiger partial charge in [-0.1, -0.05) is 54.1 Å². The minimum Gasteiger partial charge on any atom is -0.423 e. The number of nitrogens with zero attached hydrogens (tertiary/aromatic N) is 3. The van der Waals surface area contributed by atoms with Crippen molar-refractivity contribution in [3.8, 4) is 5.75 Å². The lowest BCUT2D eigenvalue weighted by Crippen LogP contribution is -2.46. The van der Waals surface area contributed by atoms with Crippen molar-refractivity contribution in [2.24, 2.45) is 5.92 Å². The Morgan fingerprint density at radius 3 is 2.30 bits per heavy atom. The fourth-order valence-electron chi connectivity index (χ4n) is 5.45. The van der Waals surface area contributed by atoms with Crippen LogP contribution in [0.4, 0.5) is 0 Å². The molecule has 1 aliphatic carbocycles. The van der Waals surface area contributed by atoms with Crippen LogP contribution in [0.5, 0.6) is 5.75 Å². The zero-order valence-corrected chi connectivity index (χ0v) is 24.0. The van der Waals surface area contributed by atoms with E-state index in [2.05, 4.69) is 20.0 Å². The van der Waals surface area contributed by atoms with Gasteiger partial charge in [-0.15, -0.1) is 20.2 Å². The third-order valence-electron chi connectivity index (χ3n) is 7.55. The van der Waals surface area contributed by atoms with Crippen LogP contribution in [0.25, 0.3) is 0 Å². The highest BCUT2D eigenvalue weighted by atomic mass is 35.5. The van der Waals surface area contributed by atoms with Gasteiger partial charge in [-0.2, -0.15) is 0 Å². The number of pyridine rings is 1.